The first-order chi connectivity index (χ1) is 11.6. The van der Waals surface area contributed by atoms with Crippen LogP contribution in [0.1, 0.15) is 18.9 Å². The van der Waals surface area contributed by atoms with E-state index in [2.05, 4.69) is 0 Å². The van der Waals surface area contributed by atoms with E-state index in [9.17, 15) is 9.59 Å². The second kappa shape index (κ2) is 6.87. The van der Waals surface area contributed by atoms with Gasteiger partial charge in [-0.05, 0) is 38.1 Å². The van der Waals surface area contributed by atoms with Crippen LogP contribution in [0.2, 0.25) is 0 Å². The van der Waals surface area contributed by atoms with Crippen LogP contribution in [-0.2, 0) is 9.59 Å². The Bertz CT molecular complexity index is 725. The summed E-state index contributed by atoms with van der Waals surface area (Å²) < 4.78 is 0. The molecule has 4 nitrogen and oxygen atoms in total. The zero-order valence-electron chi connectivity index (χ0n) is 14.1. The van der Waals surface area contributed by atoms with E-state index in [0.717, 1.165) is 16.9 Å². The van der Waals surface area contributed by atoms with Crippen molar-refractivity contribution in [3.8, 4) is 0 Å². The lowest BCUT2D eigenvalue weighted by atomic mass is 10.1. The molecule has 1 atom stereocenters. The number of benzene rings is 2. The summed E-state index contributed by atoms with van der Waals surface area (Å²) in [6.45, 7) is 5.02. The molecule has 1 heterocycles. The highest BCUT2D eigenvalue weighted by molar-refractivity contribution is 6.04. The first-order valence-corrected chi connectivity index (χ1v) is 8.33. The maximum atomic E-state index is 12.9. The molecule has 0 saturated carbocycles. The Balaban J connectivity index is 1.77. The van der Waals surface area contributed by atoms with Crippen molar-refractivity contribution in [2.45, 2.75) is 20.3 Å². The molecule has 4 heteroatoms. The summed E-state index contributed by atoms with van der Waals surface area (Å²) in [4.78, 5) is 28.8. The van der Waals surface area contributed by atoms with Gasteiger partial charge < -0.3 is 9.80 Å². The van der Waals surface area contributed by atoms with Gasteiger partial charge in [0.2, 0.25) is 11.8 Å². The molecule has 24 heavy (non-hydrogen) atoms. The Morgan fingerprint density at radius 1 is 1.12 bits per heavy atom. The van der Waals surface area contributed by atoms with Crippen LogP contribution in [0, 0.1) is 12.8 Å². The third-order valence-corrected chi connectivity index (χ3v) is 4.47. The topological polar surface area (TPSA) is 40.6 Å². The molecule has 0 aromatic heterocycles. The number of carbonyl (C=O) groups is 2. The number of aryl methyl sites for hydroxylation is 1. The van der Waals surface area contributed by atoms with Gasteiger partial charge in [-0.15, -0.1) is 0 Å². The van der Waals surface area contributed by atoms with Crippen molar-refractivity contribution >= 4 is 23.2 Å². The highest BCUT2D eigenvalue weighted by Crippen LogP contribution is 2.28. The highest BCUT2D eigenvalue weighted by atomic mass is 16.2. The average Bonchev–Trinajstić information content (AvgIpc) is 2.99. The van der Waals surface area contributed by atoms with E-state index in [1.54, 1.807) is 9.80 Å². The van der Waals surface area contributed by atoms with E-state index in [4.69, 9.17) is 0 Å². The molecule has 0 aliphatic carbocycles. The number of hydrogen-bond acceptors (Lipinski definition) is 2. The van der Waals surface area contributed by atoms with Gasteiger partial charge in [0, 0.05) is 30.9 Å². The van der Waals surface area contributed by atoms with Gasteiger partial charge in [-0.1, -0.05) is 35.9 Å². The molecule has 2 amide bonds. The number of amides is 2. The molecule has 0 bridgehead atoms. The molecule has 2 aromatic carbocycles. The van der Waals surface area contributed by atoms with Gasteiger partial charge in [0.25, 0.3) is 0 Å². The summed E-state index contributed by atoms with van der Waals surface area (Å²) in [5.74, 6) is -0.257. The average molecular weight is 322 g/mol. The third kappa shape index (κ3) is 3.18. The smallest absolute Gasteiger partial charge is 0.232 e. The van der Waals surface area contributed by atoms with Crippen molar-refractivity contribution in [1.29, 1.82) is 0 Å². The molecule has 1 aliphatic rings. The van der Waals surface area contributed by atoms with Crippen LogP contribution in [0.5, 0.6) is 0 Å². The molecule has 124 valence electrons. The largest absolute Gasteiger partial charge is 0.312 e. The van der Waals surface area contributed by atoms with Gasteiger partial charge in [0.1, 0.15) is 0 Å². The summed E-state index contributed by atoms with van der Waals surface area (Å²) in [6.07, 6.45) is 0.274. The maximum absolute atomic E-state index is 12.9. The predicted octanol–water partition coefficient (Wildman–Crippen LogP) is 3.40. The van der Waals surface area contributed by atoms with Crippen LogP contribution in [0.15, 0.2) is 54.6 Å². The highest BCUT2D eigenvalue weighted by Gasteiger charge is 2.37. The lowest BCUT2D eigenvalue weighted by Crippen LogP contribution is -2.37. The standard InChI is InChI=1S/C20H22N2O2/c1-3-21(17-7-5-4-6-8-17)20(24)16-13-19(23)22(14-16)18-11-9-15(2)10-12-18/h4-12,16H,3,13-14H2,1-2H3. The second-order valence-electron chi connectivity index (χ2n) is 6.16. The Labute approximate surface area is 142 Å². The minimum Gasteiger partial charge on any atom is -0.312 e. The zero-order chi connectivity index (χ0) is 17.1. The minimum absolute atomic E-state index is 0.0151. The lowest BCUT2D eigenvalue weighted by molar-refractivity contribution is -0.124. The first-order valence-electron chi connectivity index (χ1n) is 8.33. The molecule has 2 aromatic rings. The van der Waals surface area contributed by atoms with Crippen molar-refractivity contribution < 1.29 is 9.59 Å². The van der Waals surface area contributed by atoms with Crippen LogP contribution in [-0.4, -0.2) is 24.9 Å². The number of rotatable bonds is 4. The van der Waals surface area contributed by atoms with Crippen LogP contribution in [0.3, 0.4) is 0 Å². The Morgan fingerprint density at radius 2 is 1.79 bits per heavy atom. The molecule has 1 fully saturated rings. The number of anilines is 2. The van der Waals surface area contributed by atoms with Gasteiger partial charge in [0.05, 0.1) is 5.92 Å². The second-order valence-corrected chi connectivity index (χ2v) is 6.16. The molecular formula is C20H22N2O2. The zero-order valence-corrected chi connectivity index (χ0v) is 14.1. The lowest BCUT2D eigenvalue weighted by Gasteiger charge is -2.24. The summed E-state index contributed by atoms with van der Waals surface area (Å²) in [5.41, 5.74) is 2.90. The van der Waals surface area contributed by atoms with Crippen molar-refractivity contribution in [1.82, 2.24) is 0 Å². The van der Waals surface area contributed by atoms with Crippen molar-refractivity contribution in [2.75, 3.05) is 22.9 Å². The van der Waals surface area contributed by atoms with Gasteiger partial charge in [0.15, 0.2) is 0 Å². The van der Waals surface area contributed by atoms with Crippen LogP contribution < -0.4 is 9.80 Å². The molecule has 0 radical (unpaired) electrons. The molecule has 1 aliphatic heterocycles. The quantitative estimate of drug-likeness (QED) is 0.865. The van der Waals surface area contributed by atoms with E-state index < -0.39 is 0 Å². The van der Waals surface area contributed by atoms with E-state index in [1.165, 1.54) is 0 Å². The molecule has 1 unspecified atom stereocenters. The third-order valence-electron chi connectivity index (χ3n) is 4.47. The van der Waals surface area contributed by atoms with Crippen molar-refractivity contribution in [3.05, 3.63) is 60.2 Å². The van der Waals surface area contributed by atoms with E-state index in [1.807, 2.05) is 68.4 Å². The fourth-order valence-corrected chi connectivity index (χ4v) is 3.14. The molecule has 1 saturated heterocycles. The van der Waals surface area contributed by atoms with Crippen molar-refractivity contribution in [2.24, 2.45) is 5.92 Å². The number of para-hydroxylation sites is 1. The van der Waals surface area contributed by atoms with Crippen LogP contribution in [0.4, 0.5) is 11.4 Å². The van der Waals surface area contributed by atoms with E-state index in [0.29, 0.717) is 13.1 Å². The van der Waals surface area contributed by atoms with Gasteiger partial charge in [-0.25, -0.2) is 0 Å². The van der Waals surface area contributed by atoms with Gasteiger partial charge in [-0.3, -0.25) is 9.59 Å². The van der Waals surface area contributed by atoms with E-state index >= 15 is 0 Å². The number of hydrogen-bond donors (Lipinski definition) is 0. The molecule has 3 rings (SSSR count). The van der Waals surface area contributed by atoms with Crippen LogP contribution in [0.25, 0.3) is 0 Å². The Hall–Kier alpha value is -2.62. The summed E-state index contributed by atoms with van der Waals surface area (Å²) in [7, 11) is 0. The SMILES string of the molecule is CCN(C(=O)C1CC(=O)N(c2ccc(C)cc2)C1)c1ccccc1. The summed E-state index contributed by atoms with van der Waals surface area (Å²) in [6, 6.07) is 17.5. The predicted molar refractivity (Wildman–Crippen MR) is 96.1 cm³/mol. The van der Waals surface area contributed by atoms with E-state index in [-0.39, 0.29) is 24.2 Å². The fourth-order valence-electron chi connectivity index (χ4n) is 3.14. The molecule has 0 N–H and O–H groups in total. The Morgan fingerprint density at radius 3 is 2.42 bits per heavy atom. The van der Waals surface area contributed by atoms with Gasteiger partial charge >= 0.3 is 0 Å². The van der Waals surface area contributed by atoms with Gasteiger partial charge in [-0.2, -0.15) is 0 Å². The van der Waals surface area contributed by atoms with Crippen LogP contribution >= 0.6 is 0 Å². The normalized spacial score (nSPS) is 17.2. The number of nitrogens with zero attached hydrogens (tertiary/aromatic N) is 2. The Kier molecular flexibility index (Phi) is 4.65. The first kappa shape index (κ1) is 16.2. The summed E-state index contributed by atoms with van der Waals surface area (Å²) >= 11 is 0. The maximum Gasteiger partial charge on any atom is 0.232 e. The molecular weight excluding hydrogens is 300 g/mol. The van der Waals surface area contributed by atoms with Crippen molar-refractivity contribution in [3.63, 3.8) is 0 Å². The molecule has 0 spiro atoms. The monoisotopic (exact) mass is 322 g/mol. The fraction of sp³-hybridized carbons (Fsp3) is 0.300. The summed E-state index contributed by atoms with van der Waals surface area (Å²) in [5, 5.41) is 0. The number of carbonyl (C=O) groups excluding carboxylic acids is 2. The minimum atomic E-state index is -0.293.